The Hall–Kier alpha value is -4.37. The van der Waals surface area contributed by atoms with E-state index < -0.39 is 47.6 Å². The Morgan fingerprint density at radius 2 is 1.40 bits per heavy atom. The van der Waals surface area contributed by atoms with Crippen LogP contribution in [0.2, 0.25) is 0 Å². The van der Waals surface area contributed by atoms with Gasteiger partial charge in [-0.3, -0.25) is 4.79 Å². The normalized spacial score (nSPS) is 20.4. The molecule has 1 aliphatic rings. The lowest BCUT2D eigenvalue weighted by Gasteiger charge is -2.30. The van der Waals surface area contributed by atoms with Crippen LogP contribution in [0.15, 0.2) is 90.3 Å². The molecule has 4 atom stereocenters. The number of urea groups is 1. The van der Waals surface area contributed by atoms with E-state index in [0.717, 1.165) is 10.5 Å². The molecule has 1 fully saturated rings. The van der Waals surface area contributed by atoms with E-state index in [1.807, 2.05) is 24.3 Å². The van der Waals surface area contributed by atoms with Crippen LogP contribution >= 0.6 is 11.3 Å². The molecule has 0 saturated carbocycles. The lowest BCUT2D eigenvalue weighted by atomic mass is 9.76. The van der Waals surface area contributed by atoms with E-state index in [1.165, 1.54) is 59.9 Å². The van der Waals surface area contributed by atoms with E-state index in [4.69, 9.17) is 0 Å². The molecule has 4 aromatic rings. The van der Waals surface area contributed by atoms with Gasteiger partial charge in [-0.2, -0.15) is 0 Å². The third-order valence-corrected chi connectivity index (χ3v) is 8.57. The highest BCUT2D eigenvalue weighted by Gasteiger charge is 2.58. The maximum Gasteiger partial charge on any atom is 0.327 e. The van der Waals surface area contributed by atoms with Gasteiger partial charge in [0.05, 0.1) is 16.8 Å². The summed E-state index contributed by atoms with van der Waals surface area (Å²) < 4.78 is 27.6. The van der Waals surface area contributed by atoms with Crippen molar-refractivity contribution in [1.29, 1.82) is 0 Å². The highest BCUT2D eigenvalue weighted by atomic mass is 32.1. The molecular weight excluding hydrogens is 558 g/mol. The number of likely N-dealkylation sites (tertiary alicyclic amines) is 1. The van der Waals surface area contributed by atoms with Crippen LogP contribution in [0.3, 0.4) is 0 Å². The molecule has 1 saturated heterocycles. The number of Topliss-reactive ketones (excluding diaryl/α,β-unsaturated/α-hetero) is 1. The van der Waals surface area contributed by atoms with Crippen molar-refractivity contribution in [3.63, 3.8) is 0 Å². The first-order chi connectivity index (χ1) is 20.0. The predicted molar refractivity (Wildman–Crippen MR) is 158 cm³/mol. The number of rotatable bonds is 6. The summed E-state index contributed by atoms with van der Waals surface area (Å²) >= 11 is 1.23. The number of halogens is 2. The van der Waals surface area contributed by atoms with E-state index in [-0.39, 0.29) is 16.9 Å². The van der Waals surface area contributed by atoms with Crippen molar-refractivity contribution in [2.45, 2.75) is 44.2 Å². The van der Waals surface area contributed by atoms with Gasteiger partial charge in [0.1, 0.15) is 17.7 Å². The smallest absolute Gasteiger partial charge is 0.327 e. The molecule has 1 aliphatic heterocycles. The van der Waals surface area contributed by atoms with Crippen LogP contribution in [0.1, 0.15) is 59.1 Å². The van der Waals surface area contributed by atoms with Crippen LogP contribution in [-0.2, 0) is 10.2 Å². The van der Waals surface area contributed by atoms with Crippen molar-refractivity contribution in [1.82, 2.24) is 4.90 Å². The van der Waals surface area contributed by atoms with Gasteiger partial charge in [-0.15, -0.1) is 11.3 Å². The van der Waals surface area contributed by atoms with Crippen molar-refractivity contribution >= 4 is 34.8 Å². The zero-order valence-corrected chi connectivity index (χ0v) is 24.1. The molecule has 2 amide bonds. The highest BCUT2D eigenvalue weighted by Crippen LogP contribution is 2.52. The summed E-state index contributed by atoms with van der Waals surface area (Å²) in [5.74, 6) is -4.54. The molecule has 5 rings (SSSR count). The van der Waals surface area contributed by atoms with Gasteiger partial charge in [-0.25, -0.2) is 18.4 Å². The molecule has 0 spiro atoms. The van der Waals surface area contributed by atoms with Gasteiger partial charge in [-0.05, 0) is 69.9 Å². The largest absolute Gasteiger partial charge is 0.480 e. The number of ketones is 1. The topological polar surface area (TPSA) is 86.7 Å². The number of hydrogen-bond donors (Lipinski definition) is 2. The van der Waals surface area contributed by atoms with E-state index >= 15 is 0 Å². The second-order valence-corrected chi connectivity index (χ2v) is 12.3. The number of aliphatic carboxylic acids is 1. The average Bonchev–Trinajstić information content (AvgIpc) is 3.61. The molecule has 0 aliphatic carbocycles. The van der Waals surface area contributed by atoms with Gasteiger partial charge in [0.15, 0.2) is 5.78 Å². The SMILES string of the molecule is CC(C)(C)c1ccc(C2C(C(=O)c3cccs3)C(c3ccc(F)cc3)N(C(=O)Nc3ccc(F)cc3)C2C(=O)O)cc1. The minimum atomic E-state index is -1.45. The van der Waals surface area contributed by atoms with Gasteiger partial charge in [0, 0.05) is 11.6 Å². The van der Waals surface area contributed by atoms with E-state index in [2.05, 4.69) is 26.1 Å². The summed E-state index contributed by atoms with van der Waals surface area (Å²) in [5.41, 5.74) is 2.13. The number of nitrogens with zero attached hydrogens (tertiary/aromatic N) is 1. The third-order valence-electron chi connectivity index (χ3n) is 7.69. The van der Waals surface area contributed by atoms with Gasteiger partial charge < -0.3 is 15.3 Å². The van der Waals surface area contributed by atoms with Crippen molar-refractivity contribution in [2.24, 2.45) is 5.92 Å². The summed E-state index contributed by atoms with van der Waals surface area (Å²) in [7, 11) is 0. The second kappa shape index (κ2) is 11.5. The van der Waals surface area contributed by atoms with Crippen molar-refractivity contribution in [2.75, 3.05) is 5.32 Å². The average molecular weight is 589 g/mol. The van der Waals surface area contributed by atoms with Gasteiger partial charge in [0.25, 0.3) is 0 Å². The number of anilines is 1. The molecule has 9 heteroatoms. The van der Waals surface area contributed by atoms with E-state index in [0.29, 0.717) is 16.0 Å². The van der Waals surface area contributed by atoms with Crippen LogP contribution in [0.4, 0.5) is 19.3 Å². The predicted octanol–water partition coefficient (Wildman–Crippen LogP) is 7.65. The second-order valence-electron chi connectivity index (χ2n) is 11.4. The quantitative estimate of drug-likeness (QED) is 0.227. The number of benzene rings is 3. The Labute approximate surface area is 246 Å². The maximum atomic E-state index is 14.2. The summed E-state index contributed by atoms with van der Waals surface area (Å²) in [6, 6.07) is 18.1. The van der Waals surface area contributed by atoms with Crippen LogP contribution < -0.4 is 5.32 Å². The lowest BCUT2D eigenvalue weighted by Crippen LogP contribution is -2.45. The number of hydrogen-bond acceptors (Lipinski definition) is 4. The first kappa shape index (κ1) is 29.1. The Morgan fingerprint density at radius 1 is 0.833 bits per heavy atom. The summed E-state index contributed by atoms with van der Waals surface area (Å²) in [5, 5.41) is 15.1. The fraction of sp³-hybridized carbons (Fsp3) is 0.242. The molecule has 3 aromatic carbocycles. The van der Waals surface area contributed by atoms with E-state index in [9.17, 15) is 28.3 Å². The number of carbonyl (C=O) groups excluding carboxylic acids is 2. The molecule has 216 valence electrons. The van der Waals surface area contributed by atoms with E-state index in [1.54, 1.807) is 17.5 Å². The molecular formula is C33H30F2N2O4S. The van der Waals surface area contributed by atoms with Crippen LogP contribution in [0.25, 0.3) is 0 Å². The number of thiophene rings is 1. The zero-order chi connectivity index (χ0) is 30.2. The summed E-state index contributed by atoms with van der Waals surface area (Å²) in [4.78, 5) is 42.9. The molecule has 4 unspecified atom stereocenters. The van der Waals surface area contributed by atoms with Gasteiger partial charge >= 0.3 is 12.0 Å². The minimum absolute atomic E-state index is 0.162. The highest BCUT2D eigenvalue weighted by molar-refractivity contribution is 7.12. The Morgan fingerprint density at radius 3 is 1.93 bits per heavy atom. The standard InChI is InChI=1S/C33H30F2N2O4S/c1-33(2,3)21-10-6-19(7-11-21)26-27(30(38)25-5-4-18-42-25)28(20-8-12-22(34)13-9-20)37(29(26)31(39)40)32(41)36-24-16-14-23(35)15-17-24/h4-18,26-29H,1-3H3,(H,36,41)(H,39,40). The minimum Gasteiger partial charge on any atom is -0.480 e. The molecule has 2 heterocycles. The lowest BCUT2D eigenvalue weighted by molar-refractivity contribution is -0.142. The van der Waals surface area contributed by atoms with Crippen LogP contribution in [0, 0.1) is 17.6 Å². The van der Waals surface area contributed by atoms with Crippen molar-refractivity contribution in [3.05, 3.63) is 124 Å². The van der Waals surface area contributed by atoms with Gasteiger partial charge in [-0.1, -0.05) is 63.2 Å². The fourth-order valence-corrected chi connectivity index (χ4v) is 6.38. The Bertz CT molecular complexity index is 1580. The molecule has 42 heavy (non-hydrogen) atoms. The van der Waals surface area contributed by atoms with Gasteiger partial charge in [0.2, 0.25) is 0 Å². The van der Waals surface area contributed by atoms with Crippen molar-refractivity contribution in [3.8, 4) is 0 Å². The first-order valence-corrected chi connectivity index (χ1v) is 14.3. The zero-order valence-electron chi connectivity index (χ0n) is 23.3. The number of amides is 2. The summed E-state index contributed by atoms with van der Waals surface area (Å²) in [6.45, 7) is 6.19. The molecule has 6 nitrogen and oxygen atoms in total. The number of carboxylic acids is 1. The first-order valence-electron chi connectivity index (χ1n) is 13.5. The Kier molecular flexibility index (Phi) is 7.97. The molecule has 2 N–H and O–H groups in total. The molecule has 0 radical (unpaired) electrons. The maximum absolute atomic E-state index is 14.2. The number of carboxylic acid groups (broad SMARTS) is 1. The molecule has 0 bridgehead atoms. The van der Waals surface area contributed by atoms with Crippen molar-refractivity contribution < 1.29 is 28.3 Å². The van der Waals surface area contributed by atoms with Crippen LogP contribution in [-0.4, -0.2) is 33.8 Å². The molecule has 1 aromatic heterocycles. The third kappa shape index (κ3) is 5.69. The fourth-order valence-electron chi connectivity index (χ4n) is 5.67. The number of carbonyl (C=O) groups is 3. The Balaban J connectivity index is 1.70. The number of nitrogens with one attached hydrogen (secondary N) is 1. The monoisotopic (exact) mass is 588 g/mol. The van der Waals surface area contributed by atoms with Crippen LogP contribution in [0.5, 0.6) is 0 Å². The summed E-state index contributed by atoms with van der Waals surface area (Å²) in [6.07, 6.45) is 0.